The standard InChI is InChI=1S/C36H41NO2/c1-24-16-18-28-29(22-26(3)38)30(35(5,6)31(28)20-24)14-12-10-9-11-13-15-34-36(7,8)32-21-25(2)17-19-33(32)37(34)23-27(4)39/h9-21H,22-23H2,1-8H3/b10-9+,13-11+,14-12+,34-15-. The van der Waals surface area contributed by atoms with Crippen molar-refractivity contribution in [2.45, 2.75) is 72.6 Å². The van der Waals surface area contributed by atoms with E-state index in [0.29, 0.717) is 13.0 Å². The lowest BCUT2D eigenvalue weighted by Crippen LogP contribution is -2.29. The molecule has 2 aromatic rings. The first-order chi connectivity index (χ1) is 18.3. The van der Waals surface area contributed by atoms with Crippen LogP contribution in [0.3, 0.4) is 0 Å². The number of aryl methyl sites for hydroxylation is 2. The molecule has 0 N–H and O–H groups in total. The van der Waals surface area contributed by atoms with Crippen LogP contribution < -0.4 is 4.90 Å². The number of Topliss-reactive ketones (excluding diaryl/α,β-unsaturated/α-hetero) is 2. The fraction of sp³-hybridized carbons (Fsp3) is 0.333. The maximum Gasteiger partial charge on any atom is 0.149 e. The van der Waals surface area contributed by atoms with E-state index in [4.69, 9.17) is 0 Å². The van der Waals surface area contributed by atoms with Crippen LogP contribution in [0.2, 0.25) is 0 Å². The van der Waals surface area contributed by atoms with Crippen LogP contribution in [-0.4, -0.2) is 18.1 Å². The van der Waals surface area contributed by atoms with Gasteiger partial charge in [0.1, 0.15) is 11.6 Å². The molecule has 3 heteroatoms. The Morgan fingerprint density at radius 3 is 2.05 bits per heavy atom. The largest absolute Gasteiger partial charge is 0.337 e. The maximum absolute atomic E-state index is 12.1. The van der Waals surface area contributed by atoms with Crippen LogP contribution in [0.4, 0.5) is 5.69 Å². The smallest absolute Gasteiger partial charge is 0.149 e. The summed E-state index contributed by atoms with van der Waals surface area (Å²) in [6.07, 6.45) is 14.9. The maximum atomic E-state index is 12.1. The molecule has 0 saturated heterocycles. The Morgan fingerprint density at radius 2 is 1.38 bits per heavy atom. The van der Waals surface area contributed by atoms with Gasteiger partial charge in [0, 0.05) is 28.6 Å². The first-order valence-corrected chi connectivity index (χ1v) is 13.8. The number of hydrogen-bond acceptors (Lipinski definition) is 3. The van der Waals surface area contributed by atoms with Crippen molar-refractivity contribution >= 4 is 22.8 Å². The second kappa shape index (κ2) is 10.8. The van der Waals surface area contributed by atoms with Crippen LogP contribution in [-0.2, 0) is 20.4 Å². The van der Waals surface area contributed by atoms with Crippen molar-refractivity contribution in [2.24, 2.45) is 0 Å². The molecule has 0 saturated carbocycles. The zero-order chi connectivity index (χ0) is 28.5. The molecule has 1 heterocycles. The van der Waals surface area contributed by atoms with Crippen LogP contribution in [0, 0.1) is 13.8 Å². The monoisotopic (exact) mass is 519 g/mol. The molecule has 2 aliphatic rings. The molecule has 0 fully saturated rings. The summed E-state index contributed by atoms with van der Waals surface area (Å²) in [6, 6.07) is 13.0. The van der Waals surface area contributed by atoms with Gasteiger partial charge in [0.25, 0.3) is 0 Å². The van der Waals surface area contributed by atoms with Crippen LogP contribution in [0.5, 0.6) is 0 Å². The van der Waals surface area contributed by atoms with E-state index >= 15 is 0 Å². The number of carbonyl (C=O) groups is 2. The van der Waals surface area contributed by atoms with E-state index in [-0.39, 0.29) is 22.4 Å². The Balaban J connectivity index is 1.56. The normalized spacial score (nSPS) is 18.7. The SMILES string of the molecule is CC(=O)CC1=C(/C=C/C=C/C=C/C=C2\N(CC(C)=O)c3ccc(C)cc3C2(C)C)C(C)(C)c2cc(C)ccc21. The fourth-order valence-corrected chi connectivity index (χ4v) is 6.03. The van der Waals surface area contributed by atoms with E-state index in [1.165, 1.54) is 33.4 Å². The van der Waals surface area contributed by atoms with Gasteiger partial charge in [-0.1, -0.05) is 106 Å². The Morgan fingerprint density at radius 1 is 0.769 bits per heavy atom. The summed E-state index contributed by atoms with van der Waals surface area (Å²) in [7, 11) is 0. The lowest BCUT2D eigenvalue weighted by molar-refractivity contribution is -0.116. The summed E-state index contributed by atoms with van der Waals surface area (Å²) >= 11 is 0. The predicted octanol–water partition coefficient (Wildman–Crippen LogP) is 8.27. The third-order valence-electron chi connectivity index (χ3n) is 7.99. The van der Waals surface area contributed by atoms with Gasteiger partial charge in [0.05, 0.1) is 6.54 Å². The molecule has 2 aromatic carbocycles. The molecule has 0 unspecified atom stereocenters. The van der Waals surface area contributed by atoms with E-state index in [0.717, 1.165) is 17.0 Å². The number of fused-ring (bicyclic) bond motifs is 2. The molecule has 4 rings (SSSR count). The number of anilines is 1. The summed E-state index contributed by atoms with van der Waals surface area (Å²) in [5.74, 6) is 0.322. The van der Waals surface area contributed by atoms with Gasteiger partial charge in [0.2, 0.25) is 0 Å². The summed E-state index contributed by atoms with van der Waals surface area (Å²) in [5.41, 5.74) is 10.4. The van der Waals surface area contributed by atoms with Crippen molar-refractivity contribution in [2.75, 3.05) is 11.4 Å². The third-order valence-corrected chi connectivity index (χ3v) is 7.99. The van der Waals surface area contributed by atoms with E-state index in [1.54, 1.807) is 13.8 Å². The van der Waals surface area contributed by atoms with Gasteiger partial charge in [-0.2, -0.15) is 0 Å². The topological polar surface area (TPSA) is 37.4 Å². The molecule has 3 nitrogen and oxygen atoms in total. The fourth-order valence-electron chi connectivity index (χ4n) is 6.03. The Bertz CT molecular complexity index is 1470. The van der Waals surface area contributed by atoms with Crippen molar-refractivity contribution in [3.8, 4) is 0 Å². The van der Waals surface area contributed by atoms with Crippen molar-refractivity contribution in [3.05, 3.63) is 118 Å². The lowest BCUT2D eigenvalue weighted by Gasteiger charge is -2.26. The molecular formula is C36H41NO2. The summed E-state index contributed by atoms with van der Waals surface area (Å²) in [5, 5.41) is 0. The van der Waals surface area contributed by atoms with Crippen molar-refractivity contribution in [1.29, 1.82) is 0 Å². The second-order valence-electron chi connectivity index (χ2n) is 12.1. The van der Waals surface area contributed by atoms with Crippen LogP contribution in [0.25, 0.3) is 5.57 Å². The quantitative estimate of drug-likeness (QED) is 0.329. The number of benzene rings is 2. The minimum Gasteiger partial charge on any atom is -0.337 e. The Hall–Kier alpha value is -3.72. The highest BCUT2D eigenvalue weighted by molar-refractivity contribution is 5.94. The van der Waals surface area contributed by atoms with Gasteiger partial charge in [-0.25, -0.2) is 0 Å². The van der Waals surface area contributed by atoms with Gasteiger partial charge in [-0.05, 0) is 67.7 Å². The number of allylic oxidation sites excluding steroid dienone is 10. The highest BCUT2D eigenvalue weighted by Crippen LogP contribution is 2.49. The molecule has 202 valence electrons. The average molecular weight is 520 g/mol. The van der Waals surface area contributed by atoms with Crippen molar-refractivity contribution in [1.82, 2.24) is 0 Å². The molecular weight excluding hydrogens is 478 g/mol. The van der Waals surface area contributed by atoms with E-state index in [1.807, 2.05) is 24.3 Å². The number of nitrogens with zero attached hydrogens (tertiary/aromatic N) is 1. The minimum absolute atomic E-state index is 0.143. The number of hydrogen-bond donors (Lipinski definition) is 0. The Labute approximate surface area is 234 Å². The van der Waals surface area contributed by atoms with Gasteiger partial charge >= 0.3 is 0 Å². The van der Waals surface area contributed by atoms with Gasteiger partial charge in [-0.3, -0.25) is 9.59 Å². The molecule has 0 aromatic heterocycles. The molecule has 1 aliphatic carbocycles. The highest BCUT2D eigenvalue weighted by Gasteiger charge is 2.40. The predicted molar refractivity (Wildman–Crippen MR) is 164 cm³/mol. The minimum atomic E-state index is -0.189. The molecule has 0 atom stereocenters. The van der Waals surface area contributed by atoms with Crippen LogP contribution in [0.1, 0.15) is 75.8 Å². The summed E-state index contributed by atoms with van der Waals surface area (Å²) in [6.45, 7) is 16.8. The molecule has 0 spiro atoms. The van der Waals surface area contributed by atoms with Crippen molar-refractivity contribution < 1.29 is 9.59 Å². The molecule has 0 amide bonds. The summed E-state index contributed by atoms with van der Waals surface area (Å²) in [4.78, 5) is 26.3. The highest BCUT2D eigenvalue weighted by atomic mass is 16.1. The van der Waals surface area contributed by atoms with Crippen LogP contribution >= 0.6 is 0 Å². The second-order valence-corrected chi connectivity index (χ2v) is 12.1. The number of rotatable bonds is 8. The third kappa shape index (κ3) is 5.54. The zero-order valence-electron chi connectivity index (χ0n) is 24.7. The van der Waals surface area contributed by atoms with E-state index in [9.17, 15) is 9.59 Å². The van der Waals surface area contributed by atoms with Gasteiger partial charge < -0.3 is 4.90 Å². The summed E-state index contributed by atoms with van der Waals surface area (Å²) < 4.78 is 0. The number of ketones is 2. The van der Waals surface area contributed by atoms with E-state index in [2.05, 4.69) is 101 Å². The zero-order valence-corrected chi connectivity index (χ0v) is 24.7. The first kappa shape index (κ1) is 28.3. The first-order valence-electron chi connectivity index (χ1n) is 13.8. The van der Waals surface area contributed by atoms with Gasteiger partial charge in [-0.15, -0.1) is 0 Å². The molecule has 1 aliphatic heterocycles. The van der Waals surface area contributed by atoms with Crippen LogP contribution in [0.15, 0.2) is 90.2 Å². The molecule has 0 bridgehead atoms. The number of carbonyl (C=O) groups excluding carboxylic acids is 2. The Kier molecular flexibility index (Phi) is 7.84. The molecule has 0 radical (unpaired) electrons. The molecule has 39 heavy (non-hydrogen) atoms. The average Bonchev–Trinajstić information content (AvgIpc) is 3.16. The van der Waals surface area contributed by atoms with E-state index < -0.39 is 0 Å². The van der Waals surface area contributed by atoms with Crippen molar-refractivity contribution in [3.63, 3.8) is 0 Å². The van der Waals surface area contributed by atoms with Gasteiger partial charge in [0.15, 0.2) is 0 Å². The lowest BCUT2D eigenvalue weighted by atomic mass is 9.80.